The minimum atomic E-state index is 0.0946. The third-order valence-electron chi connectivity index (χ3n) is 2.91. The van der Waals surface area contributed by atoms with Gasteiger partial charge in [-0.05, 0) is 25.3 Å². The van der Waals surface area contributed by atoms with Gasteiger partial charge >= 0.3 is 0 Å². The summed E-state index contributed by atoms with van der Waals surface area (Å²) in [7, 11) is 0. The number of rotatable bonds is 1. The van der Waals surface area contributed by atoms with Crippen LogP contribution in [0.15, 0.2) is 18.6 Å². The smallest absolute Gasteiger partial charge is 0.156 e. The van der Waals surface area contributed by atoms with Gasteiger partial charge in [0.2, 0.25) is 0 Å². The Balaban J connectivity index is 2.06. The molecule has 5 heteroatoms. The van der Waals surface area contributed by atoms with E-state index in [-0.39, 0.29) is 6.23 Å². The average Bonchev–Trinajstić information content (AvgIpc) is 2.75. The van der Waals surface area contributed by atoms with Crippen LogP contribution in [0.5, 0.6) is 0 Å². The molecule has 2 aromatic heterocycles. The Morgan fingerprint density at radius 1 is 1.38 bits per heavy atom. The van der Waals surface area contributed by atoms with Crippen LogP contribution in [0.2, 0.25) is 5.15 Å². The summed E-state index contributed by atoms with van der Waals surface area (Å²) in [5, 5.41) is 0.451. The SMILES string of the molecule is Clc1nccc2c1ncn2[C@H]1CCCCO1. The van der Waals surface area contributed by atoms with Crippen molar-refractivity contribution in [3.8, 4) is 0 Å². The number of hydrogen-bond donors (Lipinski definition) is 0. The molecule has 0 amide bonds. The van der Waals surface area contributed by atoms with Gasteiger partial charge in [-0.25, -0.2) is 9.97 Å². The lowest BCUT2D eigenvalue weighted by Gasteiger charge is -2.24. The van der Waals surface area contributed by atoms with Crippen LogP contribution >= 0.6 is 11.6 Å². The first-order chi connectivity index (χ1) is 7.86. The molecule has 0 bridgehead atoms. The Morgan fingerprint density at radius 3 is 3.12 bits per heavy atom. The third-order valence-corrected chi connectivity index (χ3v) is 3.19. The monoisotopic (exact) mass is 237 g/mol. The molecule has 3 rings (SSSR count). The molecule has 0 N–H and O–H groups in total. The maximum Gasteiger partial charge on any atom is 0.156 e. The van der Waals surface area contributed by atoms with E-state index >= 15 is 0 Å². The summed E-state index contributed by atoms with van der Waals surface area (Å²) in [6.45, 7) is 0.823. The van der Waals surface area contributed by atoms with E-state index in [4.69, 9.17) is 16.3 Å². The zero-order chi connectivity index (χ0) is 11.0. The summed E-state index contributed by atoms with van der Waals surface area (Å²) in [6, 6.07) is 1.92. The average molecular weight is 238 g/mol. The zero-order valence-corrected chi connectivity index (χ0v) is 9.52. The standard InChI is InChI=1S/C11H12ClN3O/c12-11-10-8(4-5-13-11)15(7-14-10)9-3-1-2-6-16-9/h4-5,7,9H,1-3,6H2/t9-/m1/s1. The minimum absolute atomic E-state index is 0.0946. The summed E-state index contributed by atoms with van der Waals surface area (Å²) in [5.74, 6) is 0. The van der Waals surface area contributed by atoms with Gasteiger partial charge in [0, 0.05) is 12.8 Å². The van der Waals surface area contributed by atoms with Crippen LogP contribution in [-0.4, -0.2) is 21.1 Å². The fourth-order valence-electron chi connectivity index (χ4n) is 2.10. The molecule has 1 aliphatic rings. The first-order valence-electron chi connectivity index (χ1n) is 5.45. The number of aromatic nitrogens is 3. The van der Waals surface area contributed by atoms with Gasteiger partial charge in [0.25, 0.3) is 0 Å². The maximum absolute atomic E-state index is 5.98. The fourth-order valence-corrected chi connectivity index (χ4v) is 2.30. The van der Waals surface area contributed by atoms with E-state index in [0.29, 0.717) is 5.15 Å². The lowest BCUT2D eigenvalue weighted by molar-refractivity contribution is -0.0295. The summed E-state index contributed by atoms with van der Waals surface area (Å²) in [5.41, 5.74) is 1.74. The van der Waals surface area contributed by atoms with Crippen molar-refractivity contribution in [2.24, 2.45) is 0 Å². The minimum Gasteiger partial charge on any atom is -0.358 e. The quantitative estimate of drug-likeness (QED) is 0.716. The largest absolute Gasteiger partial charge is 0.358 e. The second-order valence-electron chi connectivity index (χ2n) is 3.94. The van der Waals surface area contributed by atoms with Gasteiger partial charge in [0.1, 0.15) is 11.7 Å². The predicted molar refractivity (Wildman–Crippen MR) is 61.4 cm³/mol. The van der Waals surface area contributed by atoms with Crippen LogP contribution in [-0.2, 0) is 4.74 Å². The molecule has 84 valence electrons. The molecule has 2 aromatic rings. The molecule has 0 aromatic carbocycles. The second-order valence-corrected chi connectivity index (χ2v) is 4.30. The molecular formula is C11H12ClN3O. The molecule has 0 unspecified atom stereocenters. The first-order valence-corrected chi connectivity index (χ1v) is 5.83. The second kappa shape index (κ2) is 4.03. The van der Waals surface area contributed by atoms with Gasteiger partial charge < -0.3 is 9.30 Å². The van der Waals surface area contributed by atoms with E-state index in [1.807, 2.05) is 10.6 Å². The lowest BCUT2D eigenvalue weighted by Crippen LogP contribution is -2.17. The number of nitrogens with zero attached hydrogens (tertiary/aromatic N) is 3. The third kappa shape index (κ3) is 1.58. The van der Waals surface area contributed by atoms with E-state index in [1.54, 1.807) is 12.5 Å². The predicted octanol–water partition coefficient (Wildman–Crippen LogP) is 2.78. The van der Waals surface area contributed by atoms with Gasteiger partial charge in [-0.2, -0.15) is 0 Å². The fraction of sp³-hybridized carbons (Fsp3) is 0.455. The summed E-state index contributed by atoms with van der Waals surface area (Å²) in [4.78, 5) is 8.30. The van der Waals surface area contributed by atoms with E-state index in [1.165, 1.54) is 6.42 Å². The van der Waals surface area contributed by atoms with E-state index in [0.717, 1.165) is 30.5 Å². The van der Waals surface area contributed by atoms with Crippen LogP contribution in [0.4, 0.5) is 0 Å². The van der Waals surface area contributed by atoms with Gasteiger partial charge in [-0.3, -0.25) is 0 Å². The van der Waals surface area contributed by atoms with Crippen LogP contribution in [0.25, 0.3) is 11.0 Å². The molecule has 1 atom stereocenters. The van der Waals surface area contributed by atoms with Gasteiger partial charge in [0.05, 0.1) is 11.8 Å². The van der Waals surface area contributed by atoms with Crippen molar-refractivity contribution in [1.82, 2.24) is 14.5 Å². The van der Waals surface area contributed by atoms with E-state index in [2.05, 4.69) is 9.97 Å². The Labute approximate surface area is 98.2 Å². The number of hydrogen-bond acceptors (Lipinski definition) is 3. The summed E-state index contributed by atoms with van der Waals surface area (Å²) in [6.07, 6.45) is 6.96. The molecule has 4 nitrogen and oxygen atoms in total. The molecule has 1 aliphatic heterocycles. The van der Waals surface area contributed by atoms with Crippen LogP contribution in [0.1, 0.15) is 25.5 Å². The zero-order valence-electron chi connectivity index (χ0n) is 8.77. The highest BCUT2D eigenvalue weighted by atomic mass is 35.5. The highest BCUT2D eigenvalue weighted by molar-refractivity contribution is 6.33. The number of ether oxygens (including phenoxy) is 1. The Kier molecular flexibility index (Phi) is 2.53. The molecule has 0 saturated carbocycles. The number of fused-ring (bicyclic) bond motifs is 1. The molecule has 1 saturated heterocycles. The Hall–Kier alpha value is -1.13. The van der Waals surface area contributed by atoms with E-state index in [9.17, 15) is 0 Å². The molecular weight excluding hydrogens is 226 g/mol. The summed E-state index contributed by atoms with van der Waals surface area (Å²) < 4.78 is 7.77. The molecule has 1 fully saturated rings. The van der Waals surface area contributed by atoms with Crippen molar-refractivity contribution in [1.29, 1.82) is 0 Å². The Morgan fingerprint density at radius 2 is 2.31 bits per heavy atom. The Bertz CT molecular complexity index is 505. The van der Waals surface area contributed by atoms with E-state index < -0.39 is 0 Å². The summed E-state index contributed by atoms with van der Waals surface area (Å²) >= 11 is 5.98. The van der Waals surface area contributed by atoms with Crippen LogP contribution in [0.3, 0.4) is 0 Å². The number of imidazole rings is 1. The lowest BCUT2D eigenvalue weighted by atomic mass is 10.2. The van der Waals surface area contributed by atoms with Crippen molar-refractivity contribution >= 4 is 22.6 Å². The highest BCUT2D eigenvalue weighted by Gasteiger charge is 2.18. The first kappa shape index (κ1) is 10.1. The molecule has 0 aliphatic carbocycles. The number of pyridine rings is 1. The van der Waals surface area contributed by atoms with Gasteiger partial charge in [-0.1, -0.05) is 11.6 Å². The van der Waals surface area contributed by atoms with Crippen molar-refractivity contribution in [2.75, 3.05) is 6.61 Å². The normalized spacial score (nSPS) is 21.4. The van der Waals surface area contributed by atoms with Gasteiger partial charge in [-0.15, -0.1) is 0 Å². The number of halogens is 1. The van der Waals surface area contributed by atoms with Crippen LogP contribution < -0.4 is 0 Å². The molecule has 16 heavy (non-hydrogen) atoms. The van der Waals surface area contributed by atoms with Crippen molar-refractivity contribution < 1.29 is 4.74 Å². The van der Waals surface area contributed by atoms with Crippen molar-refractivity contribution in [3.05, 3.63) is 23.7 Å². The topological polar surface area (TPSA) is 39.9 Å². The van der Waals surface area contributed by atoms with Crippen LogP contribution in [0, 0.1) is 0 Å². The molecule has 0 spiro atoms. The van der Waals surface area contributed by atoms with Crippen molar-refractivity contribution in [2.45, 2.75) is 25.5 Å². The molecule has 3 heterocycles. The molecule has 0 radical (unpaired) electrons. The highest BCUT2D eigenvalue weighted by Crippen LogP contribution is 2.27. The van der Waals surface area contributed by atoms with Crippen molar-refractivity contribution in [3.63, 3.8) is 0 Å². The maximum atomic E-state index is 5.98. The van der Waals surface area contributed by atoms with Gasteiger partial charge in [0.15, 0.2) is 5.15 Å².